The zero-order valence-electron chi connectivity index (χ0n) is 25.9. The van der Waals surface area contributed by atoms with Crippen molar-refractivity contribution >= 4 is 88.6 Å². The fourth-order valence-electron chi connectivity index (χ4n) is 4.11. The molecule has 0 saturated carbocycles. The largest absolute Gasteiger partial charge is 0.370 e. The second-order valence-corrected chi connectivity index (χ2v) is 14.8. The lowest BCUT2D eigenvalue weighted by molar-refractivity contribution is -0.388. The third-order valence-corrected chi connectivity index (χ3v) is 10.3. The summed E-state index contributed by atoms with van der Waals surface area (Å²) in [6, 6.07) is 17.7. The van der Waals surface area contributed by atoms with Gasteiger partial charge >= 0.3 is 0 Å². The molecule has 0 unspecified atom stereocenters. The number of aryl methyl sites for hydroxylation is 2. The Kier molecular flexibility index (Phi) is 12.9. The van der Waals surface area contributed by atoms with Crippen molar-refractivity contribution in [3.63, 3.8) is 0 Å². The number of rotatable bonds is 8. The van der Waals surface area contributed by atoms with E-state index in [2.05, 4.69) is 41.8 Å². The van der Waals surface area contributed by atoms with Crippen molar-refractivity contribution < 1.29 is 27.9 Å². The maximum Gasteiger partial charge on any atom is 0.289 e. The smallest absolute Gasteiger partial charge is 0.289 e. The predicted molar refractivity (Wildman–Crippen MR) is 194 cm³/mol. The Morgan fingerprint density at radius 2 is 1.12 bits per heavy atom. The fourth-order valence-corrected chi connectivity index (χ4v) is 7.13. The first-order valence-electron chi connectivity index (χ1n) is 13.6. The molecule has 50 heavy (non-hydrogen) atoms. The number of hydrogen-bond acceptors (Lipinski definition) is 9. The van der Waals surface area contributed by atoms with E-state index in [0.29, 0.717) is 14.9 Å². The summed E-state index contributed by atoms with van der Waals surface area (Å²) in [5.41, 5.74) is 20.4. The minimum absolute atomic E-state index is 0.0928. The topological polar surface area (TPSA) is 283 Å². The third-order valence-electron chi connectivity index (χ3n) is 6.38. The standard InChI is InChI=1S/C15H13BrN4O5S.C15H13BrN4O3S/c1-8-6-13(26(24,25)10-4-2-9(16)3-5-10)12(20(22)23)7-11(8)14(21)19-15(17)18;1-8-6-13(24-10-4-2-9(16)3-5-10)12(20(22)23)7-11(8)14(21)19-15(17)18/h2-7H,1H3,(H4,17,18,19,21);2-7H,1H3,(H4,17,18,19,21). The summed E-state index contributed by atoms with van der Waals surface area (Å²) in [4.78, 5) is 52.7. The second-order valence-electron chi connectivity index (χ2n) is 9.98. The number of halogens is 2. The number of amides is 2. The molecule has 0 aromatic heterocycles. The summed E-state index contributed by atoms with van der Waals surface area (Å²) in [7, 11) is -4.18. The van der Waals surface area contributed by atoms with Gasteiger partial charge in [0.1, 0.15) is 4.90 Å². The van der Waals surface area contributed by atoms with Crippen LogP contribution in [0.4, 0.5) is 11.4 Å². The van der Waals surface area contributed by atoms with Crippen molar-refractivity contribution in [2.24, 2.45) is 32.9 Å². The molecule has 16 nitrogen and oxygen atoms in total. The van der Waals surface area contributed by atoms with E-state index in [1.165, 1.54) is 49.0 Å². The Balaban J connectivity index is 0.000000271. The molecule has 4 aromatic rings. The van der Waals surface area contributed by atoms with Gasteiger partial charge in [0.05, 0.1) is 30.8 Å². The van der Waals surface area contributed by atoms with Crippen LogP contribution in [-0.2, 0) is 9.84 Å². The molecule has 0 fully saturated rings. The van der Waals surface area contributed by atoms with Gasteiger partial charge in [-0.2, -0.15) is 9.98 Å². The Labute approximate surface area is 305 Å². The number of hydrogen-bond donors (Lipinski definition) is 4. The Morgan fingerprint density at radius 1 is 0.700 bits per heavy atom. The molecule has 0 bridgehead atoms. The number of nitro groups is 2. The first kappa shape index (κ1) is 39.3. The van der Waals surface area contributed by atoms with Gasteiger partial charge in [-0.25, -0.2) is 8.42 Å². The molecule has 0 heterocycles. The van der Waals surface area contributed by atoms with Crippen molar-refractivity contribution in [1.29, 1.82) is 0 Å². The van der Waals surface area contributed by atoms with Crippen molar-refractivity contribution in [3.05, 3.63) is 124 Å². The minimum atomic E-state index is -4.18. The molecule has 2 amide bonds. The van der Waals surface area contributed by atoms with Gasteiger partial charge in [0, 0.05) is 26.0 Å². The molecule has 0 saturated heterocycles. The maximum absolute atomic E-state index is 12.8. The van der Waals surface area contributed by atoms with Crippen LogP contribution in [-0.4, -0.2) is 42.0 Å². The highest BCUT2D eigenvalue weighted by molar-refractivity contribution is 9.10. The Morgan fingerprint density at radius 3 is 1.56 bits per heavy atom. The summed E-state index contributed by atoms with van der Waals surface area (Å²) in [5.74, 6) is -2.52. The van der Waals surface area contributed by atoms with Crippen LogP contribution in [0, 0.1) is 34.1 Å². The lowest BCUT2D eigenvalue weighted by Gasteiger charge is -2.09. The number of aliphatic imine (C=N–C) groups is 2. The van der Waals surface area contributed by atoms with Gasteiger partial charge in [-0.1, -0.05) is 43.6 Å². The van der Waals surface area contributed by atoms with E-state index in [1.54, 1.807) is 13.0 Å². The summed E-state index contributed by atoms with van der Waals surface area (Å²) >= 11 is 7.77. The normalized spacial score (nSPS) is 10.6. The SMILES string of the molecule is Cc1cc(S(=O)(=O)c2ccc(Br)cc2)c([N+](=O)[O-])cc1C(=O)N=C(N)N.Cc1cc(Sc2ccc(Br)cc2)c([N+](=O)[O-])cc1C(=O)N=C(N)N. The van der Waals surface area contributed by atoms with Gasteiger partial charge in [-0.05, 0) is 85.6 Å². The zero-order chi connectivity index (χ0) is 37.5. The van der Waals surface area contributed by atoms with Crippen LogP contribution in [0.5, 0.6) is 0 Å². The minimum Gasteiger partial charge on any atom is -0.370 e. The van der Waals surface area contributed by atoms with E-state index in [4.69, 9.17) is 22.9 Å². The van der Waals surface area contributed by atoms with E-state index < -0.39 is 54.0 Å². The summed E-state index contributed by atoms with van der Waals surface area (Å²) in [6.07, 6.45) is 0. The Bertz CT molecular complexity index is 2170. The lowest BCUT2D eigenvalue weighted by atomic mass is 10.1. The highest BCUT2D eigenvalue weighted by atomic mass is 79.9. The third kappa shape index (κ3) is 9.94. The fraction of sp³-hybridized carbons (Fsp3) is 0.0667. The van der Waals surface area contributed by atoms with Crippen LogP contribution in [0.15, 0.2) is 111 Å². The van der Waals surface area contributed by atoms with Crippen LogP contribution < -0.4 is 22.9 Å². The van der Waals surface area contributed by atoms with E-state index in [9.17, 15) is 38.2 Å². The molecule has 260 valence electrons. The number of sulfone groups is 1. The number of nitrogens with two attached hydrogens (primary N) is 4. The van der Waals surface area contributed by atoms with Crippen molar-refractivity contribution in [3.8, 4) is 0 Å². The average Bonchev–Trinajstić information content (AvgIpc) is 3.01. The van der Waals surface area contributed by atoms with Gasteiger partial charge in [0.15, 0.2) is 11.9 Å². The van der Waals surface area contributed by atoms with Gasteiger partial charge in [-0.3, -0.25) is 29.8 Å². The molecular weight excluding hydrogens is 824 g/mol. The summed E-state index contributed by atoms with van der Waals surface area (Å²) in [6.45, 7) is 3.10. The monoisotopic (exact) mass is 848 g/mol. The lowest BCUT2D eigenvalue weighted by Crippen LogP contribution is -2.24. The predicted octanol–water partition coefficient (Wildman–Crippen LogP) is 5.14. The van der Waals surface area contributed by atoms with Gasteiger partial charge in [0.2, 0.25) is 9.84 Å². The van der Waals surface area contributed by atoms with Gasteiger partial charge in [-0.15, -0.1) is 0 Å². The second kappa shape index (κ2) is 16.5. The first-order chi connectivity index (χ1) is 23.3. The molecule has 0 aliphatic carbocycles. The molecule has 0 radical (unpaired) electrons. The number of guanidine groups is 2. The number of carbonyl (C=O) groups is 2. The number of carbonyl (C=O) groups excluding carboxylic acids is 2. The molecule has 4 aromatic carbocycles. The van der Waals surface area contributed by atoms with Crippen LogP contribution in [0.1, 0.15) is 31.8 Å². The quantitative estimate of drug-likeness (QED) is 0.0774. The van der Waals surface area contributed by atoms with Crippen LogP contribution in [0.2, 0.25) is 0 Å². The molecule has 0 aliphatic rings. The summed E-state index contributed by atoms with van der Waals surface area (Å²) < 4.78 is 27.2. The van der Waals surface area contributed by atoms with Crippen LogP contribution in [0.25, 0.3) is 0 Å². The average molecular weight is 851 g/mol. The van der Waals surface area contributed by atoms with Crippen molar-refractivity contribution in [2.75, 3.05) is 0 Å². The van der Waals surface area contributed by atoms with Crippen molar-refractivity contribution in [1.82, 2.24) is 0 Å². The molecule has 4 rings (SSSR count). The van der Waals surface area contributed by atoms with E-state index in [-0.39, 0.29) is 27.3 Å². The molecular formula is C30H26Br2N8O8S2. The van der Waals surface area contributed by atoms with Gasteiger partial charge < -0.3 is 22.9 Å². The first-order valence-corrected chi connectivity index (χ1v) is 17.5. The number of nitrogens with zero attached hydrogens (tertiary/aromatic N) is 4. The molecule has 0 atom stereocenters. The molecule has 20 heteroatoms. The van der Waals surface area contributed by atoms with E-state index in [0.717, 1.165) is 21.5 Å². The Hall–Kier alpha value is -5.18. The number of nitro benzene ring substituents is 2. The number of benzene rings is 4. The van der Waals surface area contributed by atoms with Crippen LogP contribution >= 0.6 is 43.6 Å². The highest BCUT2D eigenvalue weighted by Gasteiger charge is 2.30. The highest BCUT2D eigenvalue weighted by Crippen LogP contribution is 2.37. The van der Waals surface area contributed by atoms with Gasteiger partial charge in [0.25, 0.3) is 23.2 Å². The van der Waals surface area contributed by atoms with E-state index in [1.807, 2.05) is 24.3 Å². The maximum atomic E-state index is 12.8. The van der Waals surface area contributed by atoms with Crippen LogP contribution in [0.3, 0.4) is 0 Å². The molecule has 0 aliphatic heterocycles. The van der Waals surface area contributed by atoms with E-state index >= 15 is 0 Å². The molecule has 0 spiro atoms. The van der Waals surface area contributed by atoms with Crippen molar-refractivity contribution in [2.45, 2.75) is 33.4 Å². The molecule has 8 N–H and O–H groups in total. The summed E-state index contributed by atoms with van der Waals surface area (Å²) in [5, 5.41) is 22.8. The zero-order valence-corrected chi connectivity index (χ0v) is 30.7.